The quantitative estimate of drug-likeness (QED) is 0.128. The summed E-state index contributed by atoms with van der Waals surface area (Å²) in [4.78, 5) is 0. The van der Waals surface area contributed by atoms with E-state index in [1.807, 2.05) is 72.8 Å². The van der Waals surface area contributed by atoms with Crippen molar-refractivity contribution in [3.8, 4) is 5.75 Å². The van der Waals surface area contributed by atoms with Crippen molar-refractivity contribution in [1.82, 2.24) is 0 Å². The maximum atomic E-state index is 8.86. The average molecular weight is 509 g/mol. The van der Waals surface area contributed by atoms with Crippen molar-refractivity contribution in [2.75, 3.05) is 13.2 Å². The van der Waals surface area contributed by atoms with Crippen LogP contribution in [0.2, 0.25) is 0 Å². The van der Waals surface area contributed by atoms with Crippen molar-refractivity contribution >= 4 is 33.5 Å². The molecule has 0 radical (unpaired) electrons. The van der Waals surface area contributed by atoms with Crippen LogP contribution in [-0.2, 0) is 0 Å². The second-order valence-corrected chi connectivity index (χ2v) is 9.29. The number of aliphatic hydroxyl groups is 1. The van der Waals surface area contributed by atoms with Gasteiger partial charge in [-0.1, -0.05) is 87.1 Å². The number of azo groups is 2. The normalized spacial score (nSPS) is 11.6. The fourth-order valence-corrected chi connectivity index (χ4v) is 4.22. The molecule has 0 saturated carbocycles. The Balaban J connectivity index is 1.36. The molecule has 1 N–H and O–H groups in total. The Hall–Kier alpha value is -3.90. The van der Waals surface area contributed by atoms with Crippen molar-refractivity contribution in [3.05, 3.63) is 91.0 Å². The largest absolute Gasteiger partial charge is 0.491 e. The molecule has 0 aliphatic rings. The van der Waals surface area contributed by atoms with Gasteiger partial charge in [-0.3, -0.25) is 0 Å². The molecular formula is C32H36N4O2. The van der Waals surface area contributed by atoms with E-state index in [4.69, 9.17) is 9.84 Å². The highest BCUT2D eigenvalue weighted by Crippen LogP contribution is 2.37. The molecule has 0 heterocycles. The van der Waals surface area contributed by atoms with Gasteiger partial charge >= 0.3 is 0 Å². The lowest BCUT2D eigenvalue weighted by Gasteiger charge is -2.11. The van der Waals surface area contributed by atoms with Crippen molar-refractivity contribution in [1.29, 1.82) is 0 Å². The summed E-state index contributed by atoms with van der Waals surface area (Å²) in [6.07, 6.45) is 9.13. The zero-order valence-corrected chi connectivity index (χ0v) is 21.9. The third-order valence-electron chi connectivity index (χ3n) is 6.33. The van der Waals surface area contributed by atoms with Gasteiger partial charge in [0, 0.05) is 12.0 Å². The SMILES string of the molecule is OCCCCCCCCCCOc1ccc2ccccc2c1N=Nc1ccc(N=Nc2ccccc2)cc1. The van der Waals surface area contributed by atoms with Crippen molar-refractivity contribution < 1.29 is 9.84 Å². The molecule has 0 fully saturated rings. The topological polar surface area (TPSA) is 78.9 Å². The molecule has 0 aromatic heterocycles. The number of aliphatic hydroxyl groups excluding tert-OH is 1. The van der Waals surface area contributed by atoms with E-state index in [-0.39, 0.29) is 0 Å². The van der Waals surface area contributed by atoms with Gasteiger partial charge in [0.15, 0.2) is 0 Å². The van der Waals surface area contributed by atoms with Crippen LogP contribution < -0.4 is 4.74 Å². The van der Waals surface area contributed by atoms with Gasteiger partial charge < -0.3 is 9.84 Å². The Bertz CT molecular complexity index is 1300. The van der Waals surface area contributed by atoms with E-state index >= 15 is 0 Å². The molecule has 0 atom stereocenters. The zero-order valence-electron chi connectivity index (χ0n) is 21.9. The molecule has 0 bridgehead atoms. The van der Waals surface area contributed by atoms with Gasteiger partial charge in [-0.25, -0.2) is 0 Å². The molecular weight excluding hydrogens is 472 g/mol. The lowest BCUT2D eigenvalue weighted by Crippen LogP contribution is -1.98. The van der Waals surface area contributed by atoms with E-state index in [1.54, 1.807) is 0 Å². The van der Waals surface area contributed by atoms with Crippen LogP contribution in [0.15, 0.2) is 111 Å². The molecule has 0 saturated heterocycles. The van der Waals surface area contributed by atoms with Gasteiger partial charge in [-0.05, 0) is 60.7 Å². The summed E-state index contributed by atoms with van der Waals surface area (Å²) >= 11 is 0. The Labute approximate surface area is 225 Å². The molecule has 4 rings (SSSR count). The summed E-state index contributed by atoms with van der Waals surface area (Å²) in [5.74, 6) is 0.754. The molecule has 0 aliphatic heterocycles. The first-order valence-electron chi connectivity index (χ1n) is 13.6. The third-order valence-corrected chi connectivity index (χ3v) is 6.33. The highest BCUT2D eigenvalue weighted by atomic mass is 16.5. The van der Waals surface area contributed by atoms with E-state index < -0.39 is 0 Å². The van der Waals surface area contributed by atoms with E-state index in [2.05, 4.69) is 38.7 Å². The average Bonchev–Trinajstić information content (AvgIpc) is 2.97. The summed E-state index contributed by atoms with van der Waals surface area (Å²) < 4.78 is 6.18. The fraction of sp³-hybridized carbons (Fsp3) is 0.312. The molecule has 0 unspecified atom stereocenters. The summed E-state index contributed by atoms with van der Waals surface area (Å²) in [5, 5.41) is 28.7. The van der Waals surface area contributed by atoms with Crippen LogP contribution in [0.25, 0.3) is 10.8 Å². The number of hydrogen-bond acceptors (Lipinski definition) is 6. The smallest absolute Gasteiger partial charge is 0.147 e. The second kappa shape index (κ2) is 15.4. The highest BCUT2D eigenvalue weighted by molar-refractivity contribution is 5.95. The first kappa shape index (κ1) is 27.1. The van der Waals surface area contributed by atoms with E-state index in [0.29, 0.717) is 13.2 Å². The first-order chi connectivity index (χ1) is 18.8. The predicted molar refractivity (Wildman–Crippen MR) is 155 cm³/mol. The van der Waals surface area contributed by atoms with Gasteiger partial charge in [0.1, 0.15) is 11.4 Å². The van der Waals surface area contributed by atoms with E-state index in [0.717, 1.165) is 65.0 Å². The molecule has 6 heteroatoms. The number of ether oxygens (including phenoxy) is 1. The highest BCUT2D eigenvalue weighted by Gasteiger charge is 2.09. The lowest BCUT2D eigenvalue weighted by molar-refractivity contribution is 0.282. The van der Waals surface area contributed by atoms with Crippen molar-refractivity contribution in [2.24, 2.45) is 20.5 Å². The maximum Gasteiger partial charge on any atom is 0.147 e. The number of benzene rings is 4. The molecule has 0 aliphatic carbocycles. The van der Waals surface area contributed by atoms with Gasteiger partial charge in [0.25, 0.3) is 0 Å². The van der Waals surface area contributed by atoms with Gasteiger partial charge in [-0.15, -0.1) is 5.11 Å². The number of hydrogen-bond donors (Lipinski definition) is 1. The molecule has 196 valence electrons. The van der Waals surface area contributed by atoms with E-state index in [9.17, 15) is 0 Å². The maximum absolute atomic E-state index is 8.86. The Morgan fingerprint density at radius 1 is 0.500 bits per heavy atom. The summed E-state index contributed by atoms with van der Waals surface area (Å²) in [7, 11) is 0. The van der Waals surface area contributed by atoms with Crippen LogP contribution in [-0.4, -0.2) is 18.3 Å². The predicted octanol–water partition coefficient (Wildman–Crippen LogP) is 10.2. The molecule has 4 aromatic rings. The fourth-order valence-electron chi connectivity index (χ4n) is 4.22. The minimum atomic E-state index is 0.307. The minimum Gasteiger partial charge on any atom is -0.491 e. The summed E-state index contributed by atoms with van der Waals surface area (Å²) in [6, 6.07) is 29.4. The first-order valence-corrected chi connectivity index (χ1v) is 13.6. The van der Waals surface area contributed by atoms with Crippen LogP contribution in [0.1, 0.15) is 51.4 Å². The monoisotopic (exact) mass is 508 g/mol. The van der Waals surface area contributed by atoms with Crippen LogP contribution >= 0.6 is 0 Å². The minimum absolute atomic E-state index is 0.307. The Kier molecular flexibility index (Phi) is 11.0. The molecule has 4 aromatic carbocycles. The number of fused-ring (bicyclic) bond motifs is 1. The summed E-state index contributed by atoms with van der Waals surface area (Å²) in [6.45, 7) is 0.967. The lowest BCUT2D eigenvalue weighted by atomic mass is 10.1. The van der Waals surface area contributed by atoms with E-state index in [1.165, 1.54) is 25.7 Å². The van der Waals surface area contributed by atoms with Gasteiger partial charge in [-0.2, -0.15) is 15.3 Å². The van der Waals surface area contributed by atoms with Crippen LogP contribution in [0, 0.1) is 0 Å². The number of nitrogens with zero attached hydrogens (tertiary/aromatic N) is 4. The Morgan fingerprint density at radius 3 is 1.74 bits per heavy atom. The molecule has 6 nitrogen and oxygen atoms in total. The summed E-state index contributed by atoms with van der Waals surface area (Å²) in [5.41, 5.74) is 3.06. The van der Waals surface area contributed by atoms with Gasteiger partial charge in [0.2, 0.25) is 0 Å². The Morgan fingerprint density at radius 2 is 1.05 bits per heavy atom. The third kappa shape index (κ3) is 8.60. The van der Waals surface area contributed by atoms with Crippen LogP contribution in [0.5, 0.6) is 5.75 Å². The number of unbranched alkanes of at least 4 members (excludes halogenated alkanes) is 7. The second-order valence-electron chi connectivity index (χ2n) is 9.29. The van der Waals surface area contributed by atoms with Gasteiger partial charge in [0.05, 0.1) is 23.7 Å². The molecule has 38 heavy (non-hydrogen) atoms. The van der Waals surface area contributed by atoms with Crippen molar-refractivity contribution in [3.63, 3.8) is 0 Å². The zero-order chi connectivity index (χ0) is 26.3. The molecule has 0 spiro atoms. The van der Waals surface area contributed by atoms with Crippen LogP contribution in [0.3, 0.4) is 0 Å². The molecule has 0 amide bonds. The van der Waals surface area contributed by atoms with Crippen LogP contribution in [0.4, 0.5) is 22.7 Å². The van der Waals surface area contributed by atoms with Crippen molar-refractivity contribution in [2.45, 2.75) is 51.4 Å². The standard InChI is InChI=1S/C32H36N4O2/c37-24-12-5-3-1-2-4-6-13-25-38-31-23-18-26-14-10-11-17-30(26)32(31)36-35-29-21-19-28(20-22-29)34-33-27-15-8-7-9-16-27/h7-11,14-23,37H,1-6,12-13,24-25H2. The number of rotatable bonds is 15.